The highest BCUT2D eigenvalue weighted by atomic mass is 16.5. The summed E-state index contributed by atoms with van der Waals surface area (Å²) in [6, 6.07) is 12.9. The fraction of sp³-hybridized carbons (Fsp3) is 0.263. The minimum atomic E-state index is -0.194. The van der Waals surface area contributed by atoms with Gasteiger partial charge in [-0.05, 0) is 36.8 Å². The molecular formula is C19H21N3O3. The summed E-state index contributed by atoms with van der Waals surface area (Å²) in [6.07, 6.45) is 0.906. The molecule has 0 radical (unpaired) electrons. The number of benzene rings is 2. The number of hydrogen-bond acceptors (Lipinski definition) is 4. The van der Waals surface area contributed by atoms with Crippen LogP contribution in [0.3, 0.4) is 0 Å². The summed E-state index contributed by atoms with van der Waals surface area (Å²) >= 11 is 0. The van der Waals surface area contributed by atoms with Crippen LogP contribution in [-0.2, 0) is 6.54 Å². The number of carbonyl (C=O) groups is 1. The number of H-pyrrole nitrogens is 1. The number of amides is 1. The minimum absolute atomic E-state index is 0.194. The normalized spacial score (nSPS) is 10.6. The molecule has 25 heavy (non-hydrogen) atoms. The second-order valence-electron chi connectivity index (χ2n) is 5.60. The average molecular weight is 339 g/mol. The number of aromatic nitrogens is 2. The van der Waals surface area contributed by atoms with Crippen LogP contribution in [0.2, 0.25) is 0 Å². The van der Waals surface area contributed by atoms with Gasteiger partial charge < -0.3 is 19.8 Å². The summed E-state index contributed by atoms with van der Waals surface area (Å²) < 4.78 is 10.9. The number of methoxy groups -OCH3 is 1. The zero-order chi connectivity index (χ0) is 17.6. The van der Waals surface area contributed by atoms with E-state index in [4.69, 9.17) is 9.47 Å². The summed E-state index contributed by atoms with van der Waals surface area (Å²) in [5.74, 6) is 1.70. The van der Waals surface area contributed by atoms with Gasteiger partial charge in [-0.1, -0.05) is 19.1 Å². The lowest BCUT2D eigenvalue weighted by Crippen LogP contribution is -2.23. The van der Waals surface area contributed by atoms with Crippen molar-refractivity contribution in [2.75, 3.05) is 13.7 Å². The van der Waals surface area contributed by atoms with Crippen LogP contribution in [0.1, 0.15) is 29.5 Å². The van der Waals surface area contributed by atoms with E-state index >= 15 is 0 Å². The number of fused-ring (bicyclic) bond motifs is 1. The molecule has 2 aromatic carbocycles. The van der Waals surface area contributed by atoms with E-state index < -0.39 is 0 Å². The Balaban J connectivity index is 1.68. The zero-order valence-electron chi connectivity index (χ0n) is 14.3. The third-order valence-electron chi connectivity index (χ3n) is 3.74. The number of rotatable bonds is 7. The average Bonchev–Trinajstić information content (AvgIpc) is 3.07. The van der Waals surface area contributed by atoms with E-state index in [0.717, 1.165) is 17.5 Å². The maximum Gasteiger partial charge on any atom is 0.251 e. The van der Waals surface area contributed by atoms with Crippen LogP contribution < -0.4 is 14.8 Å². The van der Waals surface area contributed by atoms with Crippen molar-refractivity contribution in [3.8, 4) is 11.5 Å². The van der Waals surface area contributed by atoms with Crippen molar-refractivity contribution in [2.45, 2.75) is 19.9 Å². The van der Waals surface area contributed by atoms with E-state index in [1.807, 2.05) is 31.2 Å². The number of nitrogens with one attached hydrogen (secondary N) is 2. The van der Waals surface area contributed by atoms with Crippen molar-refractivity contribution in [2.24, 2.45) is 0 Å². The van der Waals surface area contributed by atoms with E-state index in [1.165, 1.54) is 0 Å². The number of imidazole rings is 1. The number of hydrogen-bond donors (Lipinski definition) is 2. The third kappa shape index (κ3) is 3.91. The van der Waals surface area contributed by atoms with Crippen LogP contribution in [0.15, 0.2) is 42.5 Å². The lowest BCUT2D eigenvalue weighted by molar-refractivity contribution is 0.0949. The van der Waals surface area contributed by atoms with Crippen molar-refractivity contribution in [3.63, 3.8) is 0 Å². The Morgan fingerprint density at radius 1 is 1.20 bits per heavy atom. The molecule has 6 heteroatoms. The van der Waals surface area contributed by atoms with Gasteiger partial charge >= 0.3 is 0 Å². The predicted molar refractivity (Wildman–Crippen MR) is 96.0 cm³/mol. The highest BCUT2D eigenvalue weighted by Crippen LogP contribution is 2.28. The molecule has 0 bridgehead atoms. The molecule has 1 heterocycles. The summed E-state index contributed by atoms with van der Waals surface area (Å²) in [7, 11) is 1.56. The first kappa shape index (κ1) is 16.8. The van der Waals surface area contributed by atoms with E-state index in [-0.39, 0.29) is 5.91 Å². The third-order valence-corrected chi connectivity index (χ3v) is 3.74. The Morgan fingerprint density at radius 3 is 2.80 bits per heavy atom. The molecule has 3 rings (SSSR count). The van der Waals surface area contributed by atoms with Gasteiger partial charge in [0.1, 0.15) is 5.82 Å². The maximum absolute atomic E-state index is 12.4. The quantitative estimate of drug-likeness (QED) is 0.692. The van der Waals surface area contributed by atoms with Crippen LogP contribution in [0, 0.1) is 0 Å². The molecule has 0 unspecified atom stereocenters. The smallest absolute Gasteiger partial charge is 0.251 e. The Hall–Kier alpha value is -3.02. The molecule has 2 N–H and O–H groups in total. The Kier molecular flexibility index (Phi) is 5.18. The minimum Gasteiger partial charge on any atom is -0.493 e. The van der Waals surface area contributed by atoms with Crippen LogP contribution in [-0.4, -0.2) is 29.6 Å². The first-order valence-corrected chi connectivity index (χ1v) is 8.24. The monoisotopic (exact) mass is 339 g/mol. The summed E-state index contributed by atoms with van der Waals surface area (Å²) in [5.41, 5.74) is 2.34. The number of aromatic amines is 1. The maximum atomic E-state index is 12.4. The van der Waals surface area contributed by atoms with Gasteiger partial charge in [-0.15, -0.1) is 0 Å². The van der Waals surface area contributed by atoms with E-state index in [0.29, 0.717) is 36.0 Å². The molecule has 0 spiro atoms. The molecule has 0 aliphatic heterocycles. The van der Waals surface area contributed by atoms with E-state index in [1.54, 1.807) is 25.3 Å². The highest BCUT2D eigenvalue weighted by Gasteiger charge is 2.12. The zero-order valence-corrected chi connectivity index (χ0v) is 14.3. The molecule has 0 aliphatic carbocycles. The van der Waals surface area contributed by atoms with E-state index in [9.17, 15) is 4.79 Å². The standard InChI is InChI=1S/C19H21N3O3/c1-3-10-25-16-9-8-13(11-17(16)24-2)19(23)20-12-18-21-14-6-4-5-7-15(14)22-18/h4-9,11H,3,10,12H2,1-2H3,(H,20,23)(H,21,22). The number of para-hydroxylation sites is 2. The van der Waals surface area contributed by atoms with Crippen LogP contribution in [0.25, 0.3) is 11.0 Å². The molecule has 6 nitrogen and oxygen atoms in total. The second kappa shape index (κ2) is 7.70. The highest BCUT2D eigenvalue weighted by molar-refractivity contribution is 5.94. The van der Waals surface area contributed by atoms with Gasteiger partial charge in [0, 0.05) is 5.56 Å². The number of carbonyl (C=O) groups excluding carboxylic acids is 1. The Labute approximate surface area is 146 Å². The second-order valence-corrected chi connectivity index (χ2v) is 5.60. The largest absolute Gasteiger partial charge is 0.493 e. The summed E-state index contributed by atoms with van der Waals surface area (Å²) in [5, 5.41) is 2.86. The lowest BCUT2D eigenvalue weighted by atomic mass is 10.2. The van der Waals surface area contributed by atoms with Gasteiger partial charge in [0.05, 0.1) is 31.3 Å². The Morgan fingerprint density at radius 2 is 2.04 bits per heavy atom. The molecule has 0 atom stereocenters. The van der Waals surface area contributed by atoms with Crippen molar-refractivity contribution < 1.29 is 14.3 Å². The van der Waals surface area contributed by atoms with Crippen LogP contribution >= 0.6 is 0 Å². The first-order valence-electron chi connectivity index (χ1n) is 8.24. The first-order chi connectivity index (χ1) is 12.2. The molecule has 0 saturated carbocycles. The molecule has 3 aromatic rings. The fourth-order valence-electron chi connectivity index (χ4n) is 2.50. The van der Waals surface area contributed by atoms with Gasteiger partial charge in [0.15, 0.2) is 11.5 Å². The van der Waals surface area contributed by atoms with Crippen molar-refractivity contribution >= 4 is 16.9 Å². The van der Waals surface area contributed by atoms with Gasteiger partial charge in [0.25, 0.3) is 5.91 Å². The molecule has 0 saturated heterocycles. The SMILES string of the molecule is CCCOc1ccc(C(=O)NCc2nc3ccccc3[nH]2)cc1OC. The fourth-order valence-corrected chi connectivity index (χ4v) is 2.50. The Bertz CT molecular complexity index is 840. The van der Waals surface area contributed by atoms with Crippen molar-refractivity contribution in [1.82, 2.24) is 15.3 Å². The number of ether oxygens (including phenoxy) is 2. The lowest BCUT2D eigenvalue weighted by Gasteiger charge is -2.11. The number of nitrogens with zero attached hydrogens (tertiary/aromatic N) is 1. The molecule has 1 amide bonds. The molecule has 130 valence electrons. The van der Waals surface area contributed by atoms with Crippen LogP contribution in [0.5, 0.6) is 11.5 Å². The van der Waals surface area contributed by atoms with Crippen molar-refractivity contribution in [1.29, 1.82) is 0 Å². The summed E-state index contributed by atoms with van der Waals surface area (Å²) in [6.45, 7) is 2.96. The molecule has 0 aliphatic rings. The predicted octanol–water partition coefficient (Wildman–Crippen LogP) is 3.29. The summed E-state index contributed by atoms with van der Waals surface area (Å²) in [4.78, 5) is 20.0. The van der Waals surface area contributed by atoms with E-state index in [2.05, 4.69) is 15.3 Å². The van der Waals surface area contributed by atoms with Crippen molar-refractivity contribution in [3.05, 3.63) is 53.9 Å². The van der Waals surface area contributed by atoms with Gasteiger partial charge in [-0.2, -0.15) is 0 Å². The van der Waals surface area contributed by atoms with Crippen LogP contribution in [0.4, 0.5) is 0 Å². The molecule has 1 aromatic heterocycles. The molecule has 0 fully saturated rings. The van der Waals surface area contributed by atoms with Gasteiger partial charge in [-0.3, -0.25) is 4.79 Å². The van der Waals surface area contributed by atoms with Gasteiger partial charge in [-0.25, -0.2) is 4.98 Å². The molecular weight excluding hydrogens is 318 g/mol. The van der Waals surface area contributed by atoms with Gasteiger partial charge in [0.2, 0.25) is 0 Å². The topological polar surface area (TPSA) is 76.2 Å².